The van der Waals surface area contributed by atoms with Crippen molar-refractivity contribution in [3.8, 4) is 0 Å². The van der Waals surface area contributed by atoms with Gasteiger partial charge in [-0.2, -0.15) is 0 Å². The molecule has 0 aliphatic carbocycles. The van der Waals surface area contributed by atoms with E-state index in [2.05, 4.69) is 0 Å². The molecule has 0 heterocycles. The van der Waals surface area contributed by atoms with Crippen LogP contribution >= 0.6 is 11.6 Å². The van der Waals surface area contributed by atoms with Gasteiger partial charge in [-0.3, -0.25) is 0 Å². The Bertz CT molecular complexity index is 33.5. The zero-order valence-corrected chi connectivity index (χ0v) is 5.95. The van der Waals surface area contributed by atoms with Gasteiger partial charge in [-0.1, -0.05) is 12.8 Å². The van der Waals surface area contributed by atoms with Crippen LogP contribution in [0, 0.1) is 0 Å². The molecule has 0 aromatic heterocycles. The molecule has 0 aliphatic heterocycles. The monoisotopic (exact) mass is 135 g/mol. The lowest BCUT2D eigenvalue weighted by atomic mass is 10.2. The predicted molar refractivity (Wildman–Crippen MR) is 38.2 cm³/mol. The number of nitrogens with two attached hydrogens (primary N) is 1. The fourth-order valence-electron chi connectivity index (χ4n) is 0.592. The minimum absolute atomic E-state index is 0.796. The van der Waals surface area contributed by atoms with Gasteiger partial charge < -0.3 is 5.73 Å². The summed E-state index contributed by atoms with van der Waals surface area (Å²) in [6, 6.07) is 0. The number of hydrogen-bond acceptors (Lipinski definition) is 1. The molecule has 0 spiro atoms. The van der Waals surface area contributed by atoms with Crippen LogP contribution in [0.25, 0.3) is 0 Å². The van der Waals surface area contributed by atoms with Gasteiger partial charge in [0.1, 0.15) is 0 Å². The summed E-state index contributed by atoms with van der Waals surface area (Å²) in [6.07, 6.45) is 4.77. The van der Waals surface area contributed by atoms with Crippen LogP contribution in [0.3, 0.4) is 0 Å². The second kappa shape index (κ2) is 7.25. The van der Waals surface area contributed by atoms with Crippen LogP contribution in [0.15, 0.2) is 0 Å². The summed E-state index contributed by atoms with van der Waals surface area (Å²) in [4.78, 5) is 0. The fraction of sp³-hybridized carbons (Fsp3) is 1.00. The summed E-state index contributed by atoms with van der Waals surface area (Å²) in [5.41, 5.74) is 5.28. The quantitative estimate of drug-likeness (QED) is 0.451. The molecule has 0 aliphatic rings. The van der Waals surface area contributed by atoms with Crippen molar-refractivity contribution in [3.05, 3.63) is 0 Å². The first kappa shape index (κ1) is 8.25. The van der Waals surface area contributed by atoms with Crippen molar-refractivity contribution in [2.75, 3.05) is 12.4 Å². The van der Waals surface area contributed by atoms with Crippen LogP contribution in [0.1, 0.15) is 25.7 Å². The minimum Gasteiger partial charge on any atom is -0.330 e. The van der Waals surface area contributed by atoms with Crippen LogP contribution in [-0.2, 0) is 0 Å². The third-order valence-electron chi connectivity index (χ3n) is 1.09. The van der Waals surface area contributed by atoms with Gasteiger partial charge in [0.05, 0.1) is 0 Å². The first-order valence-electron chi connectivity index (χ1n) is 3.18. The molecule has 2 heteroatoms. The van der Waals surface area contributed by atoms with E-state index in [0.29, 0.717) is 0 Å². The highest BCUT2D eigenvalue weighted by molar-refractivity contribution is 6.17. The van der Waals surface area contributed by atoms with Gasteiger partial charge in [-0.25, -0.2) is 0 Å². The fourth-order valence-corrected chi connectivity index (χ4v) is 0.781. The molecule has 0 bridgehead atoms. The van der Waals surface area contributed by atoms with Crippen LogP contribution < -0.4 is 5.73 Å². The van der Waals surface area contributed by atoms with Gasteiger partial charge >= 0.3 is 0 Å². The summed E-state index contributed by atoms with van der Waals surface area (Å²) in [5, 5.41) is 0. The van der Waals surface area contributed by atoms with Crippen LogP contribution in [0.5, 0.6) is 0 Å². The summed E-state index contributed by atoms with van der Waals surface area (Å²) < 4.78 is 0. The maximum Gasteiger partial charge on any atom is 0.0223 e. The molecule has 1 nitrogen and oxygen atoms in total. The van der Waals surface area contributed by atoms with Crippen LogP contribution in [0.4, 0.5) is 0 Å². The number of alkyl halides is 1. The predicted octanol–water partition coefficient (Wildman–Crippen LogP) is 1.74. The van der Waals surface area contributed by atoms with E-state index >= 15 is 0 Å². The maximum absolute atomic E-state index is 5.45. The number of rotatable bonds is 5. The lowest BCUT2D eigenvalue weighted by Crippen LogP contribution is -1.97. The van der Waals surface area contributed by atoms with E-state index in [4.69, 9.17) is 17.3 Å². The Morgan fingerprint density at radius 2 is 1.62 bits per heavy atom. The smallest absolute Gasteiger partial charge is 0.0223 e. The average Bonchev–Trinajstić information content (AvgIpc) is 1.81. The average molecular weight is 136 g/mol. The largest absolute Gasteiger partial charge is 0.330 e. The van der Waals surface area contributed by atoms with Crippen molar-refractivity contribution in [3.63, 3.8) is 0 Å². The third kappa shape index (κ3) is 6.25. The van der Waals surface area contributed by atoms with E-state index in [9.17, 15) is 0 Å². The molecule has 0 unspecified atom stereocenters. The highest BCUT2D eigenvalue weighted by atomic mass is 35.5. The van der Waals surface area contributed by atoms with Crippen LogP contribution in [0.2, 0.25) is 0 Å². The summed E-state index contributed by atoms with van der Waals surface area (Å²) in [7, 11) is 0. The topological polar surface area (TPSA) is 26.0 Å². The van der Waals surface area contributed by atoms with E-state index in [1.54, 1.807) is 0 Å². The van der Waals surface area contributed by atoms with Gasteiger partial charge in [0.15, 0.2) is 0 Å². The number of hydrogen-bond donors (Lipinski definition) is 1. The molecule has 0 radical (unpaired) electrons. The molecule has 0 amide bonds. The molecular formula is C6H14ClN. The molecule has 2 N–H and O–H groups in total. The molecular weight excluding hydrogens is 122 g/mol. The van der Waals surface area contributed by atoms with Gasteiger partial charge in [0.25, 0.3) is 0 Å². The first-order valence-corrected chi connectivity index (χ1v) is 3.71. The number of unbranched alkanes of at least 4 members (excludes halogenated alkanes) is 3. The second-order valence-corrected chi connectivity index (χ2v) is 2.27. The maximum atomic E-state index is 5.45. The SMILES string of the molecule is NCCCCCCCl. The number of halogens is 1. The molecule has 0 rings (SSSR count). The minimum atomic E-state index is 0.796. The first-order chi connectivity index (χ1) is 3.91. The second-order valence-electron chi connectivity index (χ2n) is 1.89. The summed E-state index contributed by atoms with van der Waals surface area (Å²) in [6.45, 7) is 0.822. The zero-order chi connectivity index (χ0) is 6.24. The van der Waals surface area contributed by atoms with Gasteiger partial charge in [-0.15, -0.1) is 11.6 Å². The molecule has 0 fully saturated rings. The van der Waals surface area contributed by atoms with E-state index in [1.165, 1.54) is 12.8 Å². The Morgan fingerprint density at radius 3 is 2.12 bits per heavy atom. The molecule has 8 heavy (non-hydrogen) atoms. The lowest BCUT2D eigenvalue weighted by Gasteiger charge is -1.93. The van der Waals surface area contributed by atoms with Crippen molar-refractivity contribution < 1.29 is 0 Å². The van der Waals surface area contributed by atoms with Gasteiger partial charge in [0, 0.05) is 5.88 Å². The van der Waals surface area contributed by atoms with Crippen molar-refractivity contribution >= 4 is 11.6 Å². The summed E-state index contributed by atoms with van der Waals surface area (Å²) >= 11 is 5.45. The van der Waals surface area contributed by atoms with Gasteiger partial charge in [-0.05, 0) is 19.4 Å². The molecule has 50 valence electrons. The molecule has 0 aromatic rings. The Labute approximate surface area is 56.2 Å². The molecule has 0 saturated carbocycles. The zero-order valence-electron chi connectivity index (χ0n) is 5.20. The van der Waals surface area contributed by atoms with Gasteiger partial charge in [0.2, 0.25) is 0 Å². The van der Waals surface area contributed by atoms with Crippen LogP contribution in [-0.4, -0.2) is 12.4 Å². The molecule has 0 saturated heterocycles. The Hall–Kier alpha value is 0.250. The highest BCUT2D eigenvalue weighted by Crippen LogP contribution is 1.98. The molecule has 0 aromatic carbocycles. The summed E-state index contributed by atoms with van der Waals surface area (Å²) in [5.74, 6) is 0.796. The van der Waals surface area contributed by atoms with Crippen molar-refractivity contribution in [1.29, 1.82) is 0 Å². The van der Waals surface area contributed by atoms with E-state index in [1.807, 2.05) is 0 Å². The molecule has 0 atom stereocenters. The lowest BCUT2D eigenvalue weighted by molar-refractivity contribution is 0.677. The normalized spacial score (nSPS) is 9.75. The Balaban J connectivity index is 2.53. The van der Waals surface area contributed by atoms with E-state index < -0.39 is 0 Å². The van der Waals surface area contributed by atoms with Crippen molar-refractivity contribution in [2.24, 2.45) is 5.73 Å². The van der Waals surface area contributed by atoms with E-state index in [-0.39, 0.29) is 0 Å². The third-order valence-corrected chi connectivity index (χ3v) is 1.36. The van der Waals surface area contributed by atoms with Crippen molar-refractivity contribution in [1.82, 2.24) is 0 Å². The Morgan fingerprint density at radius 1 is 1.00 bits per heavy atom. The Kier molecular flexibility index (Phi) is 7.48. The van der Waals surface area contributed by atoms with Crippen molar-refractivity contribution in [2.45, 2.75) is 25.7 Å². The standard InChI is InChI=1S/C6H14ClN/c7-5-3-1-2-4-6-8/h1-6,8H2. The highest BCUT2D eigenvalue weighted by Gasteiger charge is 1.84. The van der Waals surface area contributed by atoms with E-state index in [0.717, 1.165) is 25.3 Å².